The molecule has 138 valence electrons. The van der Waals surface area contributed by atoms with Crippen LogP contribution in [0.3, 0.4) is 0 Å². The second-order valence-electron chi connectivity index (χ2n) is 7.62. The average Bonchev–Trinajstić information content (AvgIpc) is 2.73. The van der Waals surface area contributed by atoms with Crippen molar-refractivity contribution in [2.24, 2.45) is 5.92 Å². The van der Waals surface area contributed by atoms with E-state index in [1.165, 1.54) is 0 Å². The number of allylic oxidation sites excluding steroid dienone is 1. The maximum Gasteiger partial charge on any atom is 0.129 e. The van der Waals surface area contributed by atoms with Crippen molar-refractivity contribution in [2.45, 2.75) is 59.4 Å². The Morgan fingerprint density at radius 1 is 1.21 bits per heavy atom. The highest BCUT2D eigenvalue weighted by molar-refractivity contribution is 7.89. The van der Waals surface area contributed by atoms with Crippen LogP contribution >= 0.6 is 22.0 Å². The Morgan fingerprint density at radius 3 is 2.00 bits per heavy atom. The molecule has 1 aliphatic carbocycles. The zero-order valence-electron chi connectivity index (χ0n) is 16.4. The second-order valence-corrected chi connectivity index (χ2v) is 17.2. The van der Waals surface area contributed by atoms with E-state index in [-0.39, 0.29) is 38.3 Å². The smallest absolute Gasteiger partial charge is 0.129 e. The lowest BCUT2D eigenvalue weighted by Gasteiger charge is -2.39. The summed E-state index contributed by atoms with van der Waals surface area (Å²) in [6.45, 7) is 11.0. The van der Waals surface area contributed by atoms with Gasteiger partial charge in [0.15, 0.2) is 0 Å². The van der Waals surface area contributed by atoms with Crippen LogP contribution < -0.4 is 0 Å². The minimum absolute atomic E-state index is 0.0183. The van der Waals surface area contributed by atoms with E-state index in [9.17, 15) is 4.39 Å². The molecule has 0 N–H and O–H groups in total. The van der Waals surface area contributed by atoms with Gasteiger partial charge < -0.3 is 4.74 Å². The predicted molar refractivity (Wildman–Crippen MR) is 119 cm³/mol. The molecule has 1 nitrogen and oxygen atoms in total. The quantitative estimate of drug-likeness (QED) is 0.401. The van der Waals surface area contributed by atoms with E-state index >= 15 is 0 Å². The summed E-state index contributed by atoms with van der Waals surface area (Å²) < 4.78 is 20.7. The standard InChI is InChI=1S/C19H36FOP3/c1-10-22(7)13-24(9,14-23(8)11-2)19(5,6)21-17-12-15(3)18(20)16(17)4/h15,17H,7-14H2,1-6H3/q+2/t15-,17+/m1/s1. The number of hydrogen-bond donors (Lipinski definition) is 0. The van der Waals surface area contributed by atoms with Crippen molar-refractivity contribution in [3.8, 4) is 0 Å². The molecule has 0 spiro atoms. The van der Waals surface area contributed by atoms with Crippen LogP contribution in [0.15, 0.2) is 11.4 Å². The third-order valence-corrected chi connectivity index (χ3v) is 17.0. The number of hydrogen-bond acceptors (Lipinski definition) is 1. The van der Waals surface area contributed by atoms with Crippen molar-refractivity contribution in [3.05, 3.63) is 11.4 Å². The molecular formula is C19H36FOP3+2. The van der Waals surface area contributed by atoms with Gasteiger partial charge >= 0.3 is 0 Å². The van der Waals surface area contributed by atoms with Gasteiger partial charge in [-0.1, -0.05) is 13.2 Å². The third kappa shape index (κ3) is 5.14. The molecule has 0 saturated heterocycles. The van der Waals surface area contributed by atoms with Crippen LogP contribution in [0, 0.1) is 5.92 Å². The van der Waals surface area contributed by atoms with Crippen molar-refractivity contribution in [3.63, 3.8) is 0 Å². The first-order valence-corrected chi connectivity index (χ1v) is 15.0. The molecule has 0 fully saturated rings. The summed E-state index contributed by atoms with van der Waals surface area (Å²) in [4.78, 5) is 0. The molecule has 0 aliphatic heterocycles. The van der Waals surface area contributed by atoms with Crippen LogP contribution in [0.2, 0.25) is 0 Å². The molecule has 0 aromatic heterocycles. The summed E-state index contributed by atoms with van der Waals surface area (Å²) in [5.41, 5.74) is 0.780. The Bertz CT molecular complexity index is 555. The van der Waals surface area contributed by atoms with Gasteiger partial charge in [-0.25, -0.2) is 4.39 Å². The highest BCUT2D eigenvalue weighted by Crippen LogP contribution is 2.66. The Morgan fingerprint density at radius 2 is 1.67 bits per heavy atom. The van der Waals surface area contributed by atoms with Crippen molar-refractivity contribution < 1.29 is 9.13 Å². The molecule has 0 radical (unpaired) electrons. The molecule has 1 aliphatic rings. The summed E-state index contributed by atoms with van der Waals surface area (Å²) in [6, 6.07) is 0. The van der Waals surface area contributed by atoms with Crippen LogP contribution in [0.25, 0.3) is 0 Å². The molecule has 0 bridgehead atoms. The number of halogens is 1. The Kier molecular flexibility index (Phi) is 8.16. The molecule has 0 heterocycles. The summed E-state index contributed by atoms with van der Waals surface area (Å²) >= 11 is 0. The number of ether oxygens (including phenoxy) is 1. The monoisotopic (exact) mass is 392 g/mol. The number of rotatable bonds is 9. The molecular weight excluding hydrogens is 356 g/mol. The van der Waals surface area contributed by atoms with E-state index in [1.54, 1.807) is 0 Å². The fraction of sp³-hybridized carbons (Fsp3) is 0.737. The van der Waals surface area contributed by atoms with E-state index < -0.39 is 6.89 Å². The molecule has 5 heteroatoms. The van der Waals surface area contributed by atoms with Gasteiger partial charge in [0.2, 0.25) is 0 Å². The molecule has 4 atom stereocenters. The zero-order chi connectivity index (χ0) is 18.7. The van der Waals surface area contributed by atoms with E-state index in [2.05, 4.69) is 40.3 Å². The van der Waals surface area contributed by atoms with Gasteiger partial charge in [0.05, 0.1) is 39.1 Å². The van der Waals surface area contributed by atoms with Gasteiger partial charge in [-0.2, -0.15) is 0 Å². The fourth-order valence-corrected chi connectivity index (χ4v) is 15.1. The van der Waals surface area contributed by atoms with Gasteiger partial charge in [0.1, 0.15) is 30.0 Å². The van der Waals surface area contributed by atoms with Crippen molar-refractivity contribution >= 4 is 40.9 Å². The molecule has 0 saturated carbocycles. The minimum atomic E-state index is -1.62. The maximum atomic E-state index is 14.1. The Labute approximate surface area is 151 Å². The van der Waals surface area contributed by atoms with Crippen LogP contribution in [0.4, 0.5) is 4.39 Å². The predicted octanol–water partition coefficient (Wildman–Crippen LogP) is 6.62. The van der Waals surface area contributed by atoms with E-state index in [4.69, 9.17) is 11.0 Å². The van der Waals surface area contributed by atoms with E-state index in [0.717, 1.165) is 36.1 Å². The minimum Gasteiger partial charge on any atom is -0.363 e. The topological polar surface area (TPSA) is 9.23 Å². The highest BCUT2D eigenvalue weighted by atomic mass is 31.2. The average molecular weight is 392 g/mol. The van der Waals surface area contributed by atoms with Crippen LogP contribution in [-0.2, 0) is 4.74 Å². The first-order chi connectivity index (χ1) is 11.0. The zero-order valence-corrected chi connectivity index (χ0v) is 19.1. The fourth-order valence-electron chi connectivity index (χ4n) is 3.09. The molecule has 0 amide bonds. The second kappa shape index (κ2) is 8.77. The third-order valence-electron chi connectivity index (χ3n) is 5.27. The normalized spacial score (nSPS) is 25.6. The first kappa shape index (κ1) is 22.3. The largest absolute Gasteiger partial charge is 0.363 e. The Hall–Kier alpha value is 0.270. The van der Waals surface area contributed by atoms with Crippen molar-refractivity contribution in [2.75, 3.05) is 24.1 Å². The van der Waals surface area contributed by atoms with Crippen LogP contribution in [0.5, 0.6) is 0 Å². The van der Waals surface area contributed by atoms with Crippen LogP contribution in [-0.4, -0.2) is 54.5 Å². The lowest BCUT2D eigenvalue weighted by atomic mass is 10.1. The van der Waals surface area contributed by atoms with E-state index in [0.29, 0.717) is 0 Å². The SMILES string of the molecule is C=[P+](CC)CP(=C)(C[P+](=C)CC)C(C)(C)O[C@H]1C[C@@H](C)C(F)=C1C. The Balaban J connectivity index is 3.08. The summed E-state index contributed by atoms with van der Waals surface area (Å²) in [5, 5.41) is -0.315. The van der Waals surface area contributed by atoms with Crippen molar-refractivity contribution in [1.29, 1.82) is 0 Å². The lowest BCUT2D eigenvalue weighted by Crippen LogP contribution is -2.32. The van der Waals surface area contributed by atoms with Gasteiger partial charge in [0.25, 0.3) is 0 Å². The molecule has 2 unspecified atom stereocenters. The van der Waals surface area contributed by atoms with Gasteiger partial charge in [-0.15, -0.1) is 0 Å². The van der Waals surface area contributed by atoms with E-state index in [1.807, 2.05) is 13.8 Å². The first-order valence-electron chi connectivity index (χ1n) is 8.83. The molecule has 1 rings (SSSR count). The molecule has 0 aromatic carbocycles. The molecule has 0 aromatic rings. The summed E-state index contributed by atoms with van der Waals surface area (Å²) in [6.07, 6.45) is 16.4. The van der Waals surface area contributed by atoms with Gasteiger partial charge in [-0.3, -0.25) is 0 Å². The van der Waals surface area contributed by atoms with Gasteiger partial charge in [-0.05, 0) is 46.6 Å². The van der Waals surface area contributed by atoms with Gasteiger partial charge in [0, 0.05) is 12.8 Å². The molecule has 24 heavy (non-hydrogen) atoms. The maximum absolute atomic E-state index is 14.1. The highest BCUT2D eigenvalue weighted by Gasteiger charge is 2.44. The van der Waals surface area contributed by atoms with Crippen molar-refractivity contribution in [1.82, 2.24) is 0 Å². The van der Waals surface area contributed by atoms with Crippen LogP contribution in [0.1, 0.15) is 48.0 Å². The lowest BCUT2D eigenvalue weighted by molar-refractivity contribution is -0.00107. The summed E-state index contributed by atoms with van der Waals surface area (Å²) in [7, 11) is -0.519. The summed E-state index contributed by atoms with van der Waals surface area (Å²) in [5.74, 6) is 2.18.